The zero-order valence-electron chi connectivity index (χ0n) is 14.2. The molecule has 1 amide bonds. The highest BCUT2D eigenvalue weighted by Crippen LogP contribution is 2.10. The second-order valence-corrected chi connectivity index (χ2v) is 5.52. The number of likely N-dealkylation sites (N-methyl/N-ethyl adjacent to an activating group) is 1. The van der Waals surface area contributed by atoms with E-state index in [1.165, 1.54) is 5.56 Å². The van der Waals surface area contributed by atoms with Crippen molar-refractivity contribution in [3.8, 4) is 0 Å². The number of carbonyl (C=O) groups is 1. The molecule has 1 heterocycles. The van der Waals surface area contributed by atoms with Gasteiger partial charge in [0.25, 0.3) is 0 Å². The molecule has 2 aromatic rings. The SMILES string of the molecule is CCC(C(=O)Nc1ccn(Cc2ccccc2)n1)N(CC)CC. The van der Waals surface area contributed by atoms with Gasteiger partial charge in [-0.1, -0.05) is 51.1 Å². The predicted molar refractivity (Wildman–Crippen MR) is 93.4 cm³/mol. The lowest BCUT2D eigenvalue weighted by Gasteiger charge is -2.27. The first-order valence-corrected chi connectivity index (χ1v) is 8.30. The van der Waals surface area contributed by atoms with Crippen LogP contribution < -0.4 is 5.32 Å². The van der Waals surface area contributed by atoms with Gasteiger partial charge in [-0.2, -0.15) is 5.10 Å². The summed E-state index contributed by atoms with van der Waals surface area (Å²) in [5, 5.41) is 7.38. The van der Waals surface area contributed by atoms with E-state index in [2.05, 4.69) is 41.3 Å². The third-order valence-electron chi connectivity index (χ3n) is 4.02. The van der Waals surface area contributed by atoms with Gasteiger partial charge in [-0.25, -0.2) is 0 Å². The lowest BCUT2D eigenvalue weighted by molar-refractivity contribution is -0.121. The number of nitrogens with one attached hydrogen (secondary N) is 1. The normalized spacial score (nSPS) is 12.3. The fourth-order valence-electron chi connectivity index (χ4n) is 2.77. The minimum atomic E-state index is -0.107. The molecular formula is C18H26N4O. The number of hydrogen-bond donors (Lipinski definition) is 1. The smallest absolute Gasteiger partial charge is 0.242 e. The molecule has 124 valence electrons. The summed E-state index contributed by atoms with van der Waals surface area (Å²) in [6, 6.07) is 11.9. The van der Waals surface area contributed by atoms with Crippen molar-refractivity contribution in [3.63, 3.8) is 0 Å². The molecule has 23 heavy (non-hydrogen) atoms. The van der Waals surface area contributed by atoms with Crippen molar-refractivity contribution in [2.75, 3.05) is 18.4 Å². The lowest BCUT2D eigenvalue weighted by Crippen LogP contribution is -2.43. The molecule has 5 nitrogen and oxygen atoms in total. The molecule has 0 spiro atoms. The van der Waals surface area contributed by atoms with Gasteiger partial charge in [0, 0.05) is 12.3 Å². The van der Waals surface area contributed by atoms with E-state index in [1.807, 2.05) is 42.1 Å². The van der Waals surface area contributed by atoms with Crippen LogP contribution in [-0.2, 0) is 11.3 Å². The highest BCUT2D eigenvalue weighted by Gasteiger charge is 2.22. The van der Waals surface area contributed by atoms with Crippen molar-refractivity contribution in [1.82, 2.24) is 14.7 Å². The lowest BCUT2D eigenvalue weighted by atomic mass is 10.1. The summed E-state index contributed by atoms with van der Waals surface area (Å²) < 4.78 is 1.84. The molecule has 5 heteroatoms. The van der Waals surface area contributed by atoms with Gasteiger partial charge in [0.1, 0.15) is 0 Å². The molecule has 0 radical (unpaired) electrons. The average Bonchev–Trinajstić information content (AvgIpc) is 3.00. The Hall–Kier alpha value is -2.14. The summed E-state index contributed by atoms with van der Waals surface area (Å²) in [5.41, 5.74) is 1.18. The van der Waals surface area contributed by atoms with E-state index in [-0.39, 0.29) is 11.9 Å². The summed E-state index contributed by atoms with van der Waals surface area (Å²) >= 11 is 0. The van der Waals surface area contributed by atoms with Gasteiger partial charge in [0.05, 0.1) is 12.6 Å². The molecule has 1 unspecified atom stereocenters. The molecule has 0 aliphatic heterocycles. The minimum absolute atomic E-state index is 0.0150. The molecule has 1 atom stereocenters. The maximum absolute atomic E-state index is 12.5. The van der Waals surface area contributed by atoms with Crippen LogP contribution in [0.4, 0.5) is 5.82 Å². The first-order chi connectivity index (χ1) is 11.2. The van der Waals surface area contributed by atoms with Crippen molar-refractivity contribution in [2.24, 2.45) is 0 Å². The Balaban J connectivity index is 1.99. The summed E-state index contributed by atoms with van der Waals surface area (Å²) in [5.74, 6) is 0.623. The number of benzene rings is 1. The van der Waals surface area contributed by atoms with Gasteiger partial charge in [0.15, 0.2) is 5.82 Å². The Bertz CT molecular complexity index is 604. The quantitative estimate of drug-likeness (QED) is 0.815. The first-order valence-electron chi connectivity index (χ1n) is 8.30. The maximum Gasteiger partial charge on any atom is 0.242 e. The second kappa shape index (κ2) is 8.48. The summed E-state index contributed by atoms with van der Waals surface area (Å²) in [6.07, 6.45) is 2.68. The van der Waals surface area contributed by atoms with Gasteiger partial charge in [-0.3, -0.25) is 14.4 Å². The van der Waals surface area contributed by atoms with Crippen LogP contribution in [0.3, 0.4) is 0 Å². The maximum atomic E-state index is 12.5. The van der Waals surface area contributed by atoms with Crippen LogP contribution in [0.1, 0.15) is 32.8 Å². The van der Waals surface area contributed by atoms with E-state index in [0.717, 1.165) is 19.5 Å². The Morgan fingerprint density at radius 2 is 1.87 bits per heavy atom. The van der Waals surface area contributed by atoms with Crippen molar-refractivity contribution >= 4 is 11.7 Å². The van der Waals surface area contributed by atoms with Crippen LogP contribution >= 0.6 is 0 Å². The first kappa shape index (κ1) is 17.2. The van der Waals surface area contributed by atoms with Crippen LogP contribution in [0.2, 0.25) is 0 Å². The highest BCUT2D eigenvalue weighted by molar-refractivity contribution is 5.93. The highest BCUT2D eigenvalue weighted by atomic mass is 16.2. The van der Waals surface area contributed by atoms with E-state index >= 15 is 0 Å². The Kier molecular flexibility index (Phi) is 6.35. The summed E-state index contributed by atoms with van der Waals surface area (Å²) in [7, 11) is 0. The van der Waals surface area contributed by atoms with Gasteiger partial charge >= 0.3 is 0 Å². The molecule has 0 saturated heterocycles. The van der Waals surface area contributed by atoms with Crippen molar-refractivity contribution in [1.29, 1.82) is 0 Å². The van der Waals surface area contributed by atoms with Crippen molar-refractivity contribution < 1.29 is 4.79 Å². The molecule has 0 saturated carbocycles. The van der Waals surface area contributed by atoms with Gasteiger partial charge in [-0.05, 0) is 25.1 Å². The molecule has 2 rings (SSSR count). The molecule has 1 N–H and O–H groups in total. The van der Waals surface area contributed by atoms with Crippen molar-refractivity contribution in [3.05, 3.63) is 48.2 Å². The van der Waals surface area contributed by atoms with Crippen LogP contribution in [0.5, 0.6) is 0 Å². The van der Waals surface area contributed by atoms with E-state index in [1.54, 1.807) is 0 Å². The largest absolute Gasteiger partial charge is 0.308 e. The zero-order valence-corrected chi connectivity index (χ0v) is 14.2. The number of hydrogen-bond acceptors (Lipinski definition) is 3. The van der Waals surface area contributed by atoms with Crippen LogP contribution in [-0.4, -0.2) is 39.7 Å². The number of carbonyl (C=O) groups excluding carboxylic acids is 1. The number of rotatable bonds is 8. The van der Waals surface area contributed by atoms with Gasteiger partial charge in [0.2, 0.25) is 5.91 Å². The number of nitrogens with zero attached hydrogens (tertiary/aromatic N) is 3. The number of amides is 1. The summed E-state index contributed by atoms with van der Waals surface area (Å²) in [4.78, 5) is 14.6. The number of anilines is 1. The second-order valence-electron chi connectivity index (χ2n) is 5.52. The molecule has 0 bridgehead atoms. The molecule has 0 aliphatic rings. The molecule has 0 fully saturated rings. The Morgan fingerprint density at radius 1 is 1.17 bits per heavy atom. The zero-order chi connectivity index (χ0) is 16.7. The third-order valence-corrected chi connectivity index (χ3v) is 4.02. The van der Waals surface area contributed by atoms with Crippen molar-refractivity contribution in [2.45, 2.75) is 39.8 Å². The molecule has 1 aromatic carbocycles. The van der Waals surface area contributed by atoms with E-state index < -0.39 is 0 Å². The third kappa shape index (κ3) is 4.66. The van der Waals surface area contributed by atoms with Gasteiger partial charge < -0.3 is 5.32 Å². The molecule has 0 aliphatic carbocycles. The topological polar surface area (TPSA) is 50.2 Å². The van der Waals surface area contributed by atoms with Crippen LogP contribution in [0.15, 0.2) is 42.6 Å². The predicted octanol–water partition coefficient (Wildman–Crippen LogP) is 2.99. The van der Waals surface area contributed by atoms with E-state index in [4.69, 9.17) is 0 Å². The molecule has 1 aromatic heterocycles. The van der Waals surface area contributed by atoms with Gasteiger partial charge in [-0.15, -0.1) is 0 Å². The average molecular weight is 314 g/mol. The number of aromatic nitrogens is 2. The van der Waals surface area contributed by atoms with E-state index in [0.29, 0.717) is 12.4 Å². The van der Waals surface area contributed by atoms with Crippen LogP contribution in [0.25, 0.3) is 0 Å². The van der Waals surface area contributed by atoms with E-state index in [9.17, 15) is 4.79 Å². The van der Waals surface area contributed by atoms with Crippen LogP contribution in [0, 0.1) is 0 Å². The standard InChI is InChI=1S/C18H26N4O/c1-4-16(21(5-2)6-3)18(23)19-17-12-13-22(20-17)14-15-10-8-7-9-11-15/h7-13,16H,4-6,14H2,1-3H3,(H,19,20,23). The Morgan fingerprint density at radius 3 is 2.48 bits per heavy atom. The fourth-order valence-corrected chi connectivity index (χ4v) is 2.77. The monoisotopic (exact) mass is 314 g/mol. The minimum Gasteiger partial charge on any atom is -0.308 e. The summed E-state index contributed by atoms with van der Waals surface area (Å²) in [6.45, 7) is 8.62. The Labute approximate surface area is 138 Å². The fraction of sp³-hybridized carbons (Fsp3) is 0.444. The molecular weight excluding hydrogens is 288 g/mol.